The summed E-state index contributed by atoms with van der Waals surface area (Å²) >= 11 is 6.12. The van der Waals surface area contributed by atoms with Crippen LogP contribution < -0.4 is 21.5 Å². The highest BCUT2D eigenvalue weighted by Crippen LogP contribution is 2.38. The number of fused-ring (bicyclic) bond motifs is 1. The van der Waals surface area contributed by atoms with Crippen LogP contribution in [0.25, 0.3) is 11.8 Å². The molecule has 0 saturated carbocycles. The van der Waals surface area contributed by atoms with Gasteiger partial charge < -0.3 is 11.1 Å². The van der Waals surface area contributed by atoms with Crippen molar-refractivity contribution in [1.29, 1.82) is 0 Å². The summed E-state index contributed by atoms with van der Waals surface area (Å²) in [5.41, 5.74) is 17.0. The molecule has 3 aromatic rings. The largest absolute Gasteiger partial charge is 0.330 e. The van der Waals surface area contributed by atoms with Gasteiger partial charge in [-0.1, -0.05) is 42.5 Å². The molecule has 0 bridgehead atoms. The Morgan fingerprint density at radius 1 is 1.21 bits per heavy atom. The van der Waals surface area contributed by atoms with Gasteiger partial charge in [0.25, 0.3) is 5.91 Å². The average Bonchev–Trinajstić information content (AvgIpc) is 2.86. The maximum Gasteiger partial charge on any atom is 0.258 e. The van der Waals surface area contributed by atoms with Crippen molar-refractivity contribution in [2.45, 2.75) is 19.3 Å². The summed E-state index contributed by atoms with van der Waals surface area (Å²) in [6, 6.07) is 17.6. The van der Waals surface area contributed by atoms with Crippen molar-refractivity contribution >= 4 is 40.7 Å². The summed E-state index contributed by atoms with van der Waals surface area (Å²) in [7, 11) is 1.90. The molecule has 1 aliphatic carbocycles. The number of nitrogens with two attached hydrogens (primary N) is 1. The van der Waals surface area contributed by atoms with Gasteiger partial charge in [0.15, 0.2) is 0 Å². The van der Waals surface area contributed by atoms with Gasteiger partial charge in [0, 0.05) is 24.5 Å². The van der Waals surface area contributed by atoms with Crippen LogP contribution in [0.15, 0.2) is 72.9 Å². The summed E-state index contributed by atoms with van der Waals surface area (Å²) in [6.45, 7) is 4.41. The third-order valence-corrected chi connectivity index (χ3v) is 6.24. The molecule has 0 spiro atoms. The van der Waals surface area contributed by atoms with Crippen molar-refractivity contribution in [3.05, 3.63) is 100 Å². The second-order valence-electron chi connectivity index (χ2n) is 8.01. The Labute approximate surface area is 205 Å². The molecular formula is C27H28ClN5O. The Morgan fingerprint density at radius 3 is 2.68 bits per heavy atom. The van der Waals surface area contributed by atoms with Crippen LogP contribution in [0.2, 0.25) is 5.15 Å². The Bertz CT molecular complexity index is 1240. The van der Waals surface area contributed by atoms with E-state index in [1.807, 2.05) is 37.4 Å². The van der Waals surface area contributed by atoms with E-state index < -0.39 is 0 Å². The molecule has 0 saturated heterocycles. The zero-order chi connectivity index (χ0) is 24.1. The lowest BCUT2D eigenvalue weighted by molar-refractivity contribution is 0.102. The van der Waals surface area contributed by atoms with Crippen LogP contribution in [-0.2, 0) is 6.42 Å². The van der Waals surface area contributed by atoms with Gasteiger partial charge in [-0.15, -0.1) is 0 Å². The number of pyridine rings is 1. The zero-order valence-electron chi connectivity index (χ0n) is 19.1. The van der Waals surface area contributed by atoms with Crippen molar-refractivity contribution in [1.82, 2.24) is 10.4 Å². The molecule has 1 amide bonds. The summed E-state index contributed by atoms with van der Waals surface area (Å²) < 4.78 is 0. The second kappa shape index (κ2) is 10.7. The monoisotopic (exact) mass is 473 g/mol. The van der Waals surface area contributed by atoms with Crippen molar-refractivity contribution in [2.24, 2.45) is 5.73 Å². The van der Waals surface area contributed by atoms with Crippen molar-refractivity contribution in [3.8, 4) is 0 Å². The molecule has 6 nitrogen and oxygen atoms in total. The Hall–Kier alpha value is -3.45. The molecule has 0 fully saturated rings. The lowest BCUT2D eigenvalue weighted by Crippen LogP contribution is -2.35. The van der Waals surface area contributed by atoms with Crippen LogP contribution in [-0.4, -0.2) is 24.5 Å². The fraction of sp³-hybridized carbons (Fsp3) is 0.185. The first kappa shape index (κ1) is 23.7. The lowest BCUT2D eigenvalue weighted by atomic mass is 9.87. The van der Waals surface area contributed by atoms with Gasteiger partial charge >= 0.3 is 0 Å². The quantitative estimate of drug-likeness (QED) is 0.306. The molecule has 174 valence electrons. The molecule has 0 aliphatic heterocycles. The number of nitrogens with one attached hydrogen (secondary N) is 2. The number of rotatable bonds is 8. The number of anilines is 2. The minimum atomic E-state index is -0.299. The second-order valence-corrected chi connectivity index (χ2v) is 8.37. The molecule has 1 aromatic heterocycles. The van der Waals surface area contributed by atoms with E-state index in [0.29, 0.717) is 17.8 Å². The third-order valence-electron chi connectivity index (χ3n) is 5.94. The number of amides is 1. The van der Waals surface area contributed by atoms with Crippen LogP contribution >= 0.6 is 11.6 Å². The molecule has 1 heterocycles. The molecule has 7 heteroatoms. The third kappa shape index (κ3) is 4.89. The highest BCUT2D eigenvalue weighted by Gasteiger charge is 2.25. The van der Waals surface area contributed by atoms with E-state index in [1.54, 1.807) is 18.3 Å². The van der Waals surface area contributed by atoms with Crippen molar-refractivity contribution in [2.75, 3.05) is 23.9 Å². The maximum atomic E-state index is 12.8. The number of hydrogen-bond donors (Lipinski definition) is 3. The first-order chi connectivity index (χ1) is 16.5. The predicted molar refractivity (Wildman–Crippen MR) is 141 cm³/mol. The molecule has 0 unspecified atom stereocenters. The summed E-state index contributed by atoms with van der Waals surface area (Å²) in [6.07, 6.45) is 6.02. The molecule has 1 aliphatic rings. The lowest BCUT2D eigenvalue weighted by Gasteiger charge is -2.33. The Morgan fingerprint density at radius 2 is 2.00 bits per heavy atom. The summed E-state index contributed by atoms with van der Waals surface area (Å²) in [5.74, 6) is -0.299. The zero-order valence-corrected chi connectivity index (χ0v) is 19.9. The van der Waals surface area contributed by atoms with Gasteiger partial charge in [-0.3, -0.25) is 9.80 Å². The van der Waals surface area contributed by atoms with Gasteiger partial charge in [0.1, 0.15) is 5.15 Å². The molecule has 34 heavy (non-hydrogen) atoms. The highest BCUT2D eigenvalue weighted by atomic mass is 35.5. The van der Waals surface area contributed by atoms with Crippen LogP contribution in [0, 0.1) is 0 Å². The van der Waals surface area contributed by atoms with E-state index >= 15 is 0 Å². The van der Waals surface area contributed by atoms with E-state index in [0.717, 1.165) is 41.8 Å². The summed E-state index contributed by atoms with van der Waals surface area (Å²) in [4.78, 5) is 16.8. The smallest absolute Gasteiger partial charge is 0.258 e. The van der Waals surface area contributed by atoms with Crippen LogP contribution in [0.5, 0.6) is 0 Å². The van der Waals surface area contributed by atoms with Gasteiger partial charge in [-0.05, 0) is 78.9 Å². The number of nitrogens with zero attached hydrogens (tertiary/aromatic N) is 2. The number of halogens is 1. The number of aromatic nitrogens is 1. The predicted octanol–water partition coefficient (Wildman–Crippen LogP) is 5.28. The number of aryl methyl sites for hydroxylation is 1. The molecule has 4 rings (SSSR count). The SMILES string of the molecule is C=Cc1ccc(N(NC)C2=C(CCN)CCc3ccc(NC(=O)c4cccnc4Cl)cc32)cc1. The van der Waals surface area contributed by atoms with Gasteiger partial charge in [-0.2, -0.15) is 0 Å². The Balaban J connectivity index is 1.74. The molecule has 4 N–H and O–H groups in total. The van der Waals surface area contributed by atoms with Crippen LogP contribution in [0.4, 0.5) is 11.4 Å². The molecule has 0 radical (unpaired) electrons. The number of carbonyl (C=O) groups is 1. The fourth-order valence-corrected chi connectivity index (χ4v) is 4.47. The van der Waals surface area contributed by atoms with Crippen molar-refractivity contribution in [3.63, 3.8) is 0 Å². The Kier molecular flexibility index (Phi) is 7.43. The van der Waals surface area contributed by atoms with Gasteiger partial charge in [0.2, 0.25) is 0 Å². The van der Waals surface area contributed by atoms with E-state index in [9.17, 15) is 4.79 Å². The van der Waals surface area contributed by atoms with Crippen LogP contribution in [0.3, 0.4) is 0 Å². The topological polar surface area (TPSA) is 83.3 Å². The van der Waals surface area contributed by atoms with Gasteiger partial charge in [0.05, 0.1) is 16.9 Å². The van der Waals surface area contributed by atoms with Crippen molar-refractivity contribution < 1.29 is 4.79 Å². The average molecular weight is 474 g/mol. The van der Waals surface area contributed by atoms with Gasteiger partial charge in [-0.25, -0.2) is 10.4 Å². The van der Waals surface area contributed by atoms with E-state index in [-0.39, 0.29) is 11.1 Å². The first-order valence-corrected chi connectivity index (χ1v) is 11.6. The number of carbonyl (C=O) groups excluding carboxylic acids is 1. The highest BCUT2D eigenvalue weighted by molar-refractivity contribution is 6.33. The molecule has 2 aromatic carbocycles. The number of hydrogen-bond acceptors (Lipinski definition) is 5. The minimum Gasteiger partial charge on any atom is -0.330 e. The standard InChI is InChI=1S/C27H28ClN5O/c1-3-18-6-12-22(13-7-18)33(30-2)25-20(14-15-29)9-8-19-10-11-21(17-24(19)25)32-27(34)23-5-4-16-31-26(23)28/h3-7,10-13,16-17,30H,1,8-9,14-15,29H2,2H3,(H,32,34). The number of benzene rings is 2. The van der Waals surface area contributed by atoms with Crippen LogP contribution in [0.1, 0.15) is 39.9 Å². The van der Waals surface area contributed by atoms with E-state index in [4.69, 9.17) is 17.3 Å². The first-order valence-electron chi connectivity index (χ1n) is 11.2. The fourth-order valence-electron chi connectivity index (χ4n) is 4.27. The van der Waals surface area contributed by atoms with E-state index in [2.05, 4.69) is 45.5 Å². The maximum absolute atomic E-state index is 12.8. The molecular weight excluding hydrogens is 446 g/mol. The summed E-state index contributed by atoms with van der Waals surface area (Å²) in [5, 5.41) is 5.22. The minimum absolute atomic E-state index is 0.174. The number of hydrazine groups is 1. The molecule has 0 atom stereocenters. The van der Waals surface area contributed by atoms with E-state index in [1.165, 1.54) is 11.1 Å². The normalized spacial score (nSPS) is 12.8.